The molecular formula is C30H35F3N6O4S. The molecule has 0 radical (unpaired) electrons. The number of rotatable bonds is 12. The van der Waals surface area contributed by atoms with Crippen LogP contribution in [0.3, 0.4) is 0 Å². The Kier molecular flexibility index (Phi) is 9.73. The molecule has 2 aliphatic rings. The number of nitrogens with two attached hydrogens (primary N) is 1. The summed E-state index contributed by atoms with van der Waals surface area (Å²) in [6.45, 7) is 2.56. The molecule has 1 aliphatic heterocycles. The summed E-state index contributed by atoms with van der Waals surface area (Å²) in [6, 6.07) is 14.9. The van der Waals surface area contributed by atoms with Gasteiger partial charge in [-0.25, -0.2) is 8.42 Å². The van der Waals surface area contributed by atoms with E-state index in [9.17, 15) is 26.4 Å². The molecule has 1 aromatic heterocycles. The van der Waals surface area contributed by atoms with Crippen molar-refractivity contribution >= 4 is 27.4 Å². The van der Waals surface area contributed by atoms with Crippen molar-refractivity contribution < 1.29 is 31.1 Å². The predicted octanol–water partition coefficient (Wildman–Crippen LogP) is 3.84. The van der Waals surface area contributed by atoms with E-state index in [1.165, 1.54) is 28.6 Å². The Hall–Kier alpha value is -3.72. The molecule has 4 N–H and O–H groups in total. The van der Waals surface area contributed by atoms with Crippen LogP contribution in [0, 0.1) is 0 Å². The molecule has 5 rings (SSSR count). The van der Waals surface area contributed by atoms with Crippen LogP contribution in [0.5, 0.6) is 5.88 Å². The van der Waals surface area contributed by atoms with E-state index in [1.807, 2.05) is 12.1 Å². The van der Waals surface area contributed by atoms with Gasteiger partial charge in [0.15, 0.2) is 0 Å². The number of nitrogens with zero attached hydrogens (tertiary/aromatic N) is 3. The van der Waals surface area contributed by atoms with Crippen molar-refractivity contribution in [1.82, 2.24) is 14.6 Å². The second-order valence-corrected chi connectivity index (χ2v) is 12.7. The van der Waals surface area contributed by atoms with Gasteiger partial charge in [-0.1, -0.05) is 12.1 Å². The number of carbonyl (C=O) groups excluding carboxylic acids is 1. The highest BCUT2D eigenvalue weighted by Gasteiger charge is 2.35. The Morgan fingerprint density at radius 2 is 1.68 bits per heavy atom. The molecule has 2 heterocycles. The van der Waals surface area contributed by atoms with E-state index in [2.05, 4.69) is 15.6 Å². The first kappa shape index (κ1) is 31.7. The van der Waals surface area contributed by atoms with Crippen LogP contribution in [-0.4, -0.2) is 69.0 Å². The van der Waals surface area contributed by atoms with Crippen LogP contribution in [-0.2, 0) is 22.7 Å². The van der Waals surface area contributed by atoms with Crippen LogP contribution in [0.4, 0.5) is 24.7 Å². The zero-order chi connectivity index (χ0) is 31.3. The Morgan fingerprint density at radius 1 is 1.00 bits per heavy atom. The number of ether oxygens (including phenoxy) is 1. The van der Waals surface area contributed by atoms with Crippen molar-refractivity contribution in [3.05, 3.63) is 77.4 Å². The molecule has 1 amide bonds. The number of sulfonamides is 1. The molecule has 0 unspecified atom stereocenters. The Morgan fingerprint density at radius 3 is 2.30 bits per heavy atom. The Labute approximate surface area is 254 Å². The lowest BCUT2D eigenvalue weighted by Crippen LogP contribution is -2.49. The summed E-state index contributed by atoms with van der Waals surface area (Å²) in [6.07, 6.45) is -2.25. The van der Waals surface area contributed by atoms with Gasteiger partial charge in [0.2, 0.25) is 15.9 Å². The fraction of sp³-hybridized carbons (Fsp3) is 0.400. The molecule has 2 aromatic carbocycles. The maximum absolute atomic E-state index is 13.5. The molecule has 10 nitrogen and oxygen atoms in total. The highest BCUT2D eigenvalue weighted by molar-refractivity contribution is 7.89. The number of carbonyl (C=O) groups is 1. The first-order valence-electron chi connectivity index (χ1n) is 14.4. The summed E-state index contributed by atoms with van der Waals surface area (Å²) >= 11 is 0. The van der Waals surface area contributed by atoms with Gasteiger partial charge < -0.3 is 26.0 Å². The van der Waals surface area contributed by atoms with Crippen molar-refractivity contribution in [3.8, 4) is 5.88 Å². The highest BCUT2D eigenvalue weighted by atomic mass is 32.2. The largest absolute Gasteiger partial charge is 0.474 e. The van der Waals surface area contributed by atoms with E-state index in [-0.39, 0.29) is 54.8 Å². The zero-order valence-electron chi connectivity index (χ0n) is 24.0. The van der Waals surface area contributed by atoms with Crippen LogP contribution in [0.25, 0.3) is 0 Å². The molecule has 14 heteroatoms. The van der Waals surface area contributed by atoms with Crippen molar-refractivity contribution in [2.75, 3.05) is 49.5 Å². The van der Waals surface area contributed by atoms with Gasteiger partial charge in [-0.3, -0.25) is 4.79 Å². The van der Waals surface area contributed by atoms with E-state index in [4.69, 9.17) is 10.5 Å². The SMILES string of the molecule is NCCCNCc1ccc(C(=O)Nc2ccc(S(=O)(=O)N3CCN(c4cc(C(F)(F)F)cc(OC5CC5)n4)CC3)cc2)cc1. The maximum atomic E-state index is 13.5. The molecule has 236 valence electrons. The number of hydrogen-bond donors (Lipinski definition) is 3. The molecule has 2 fully saturated rings. The number of amides is 1. The summed E-state index contributed by atoms with van der Waals surface area (Å²) in [5.74, 6) is -0.308. The number of hydrogen-bond acceptors (Lipinski definition) is 8. The molecule has 1 saturated heterocycles. The van der Waals surface area contributed by atoms with Crippen LogP contribution < -0.4 is 26.0 Å². The molecular weight excluding hydrogens is 597 g/mol. The van der Waals surface area contributed by atoms with E-state index in [0.717, 1.165) is 43.5 Å². The summed E-state index contributed by atoms with van der Waals surface area (Å²) in [4.78, 5) is 18.7. The molecule has 0 bridgehead atoms. The molecule has 1 aliphatic carbocycles. The number of halogens is 3. The van der Waals surface area contributed by atoms with E-state index in [1.54, 1.807) is 17.0 Å². The predicted molar refractivity (Wildman–Crippen MR) is 160 cm³/mol. The maximum Gasteiger partial charge on any atom is 0.416 e. The Balaban J connectivity index is 1.17. The lowest BCUT2D eigenvalue weighted by molar-refractivity contribution is -0.137. The minimum absolute atomic E-state index is 0.0488. The molecule has 0 atom stereocenters. The first-order valence-corrected chi connectivity index (χ1v) is 15.9. The summed E-state index contributed by atoms with van der Waals surface area (Å²) < 4.78 is 74.0. The van der Waals surface area contributed by atoms with Gasteiger partial charge in [0.05, 0.1) is 10.5 Å². The molecule has 3 aromatic rings. The number of pyridine rings is 1. The average molecular weight is 633 g/mol. The molecule has 44 heavy (non-hydrogen) atoms. The summed E-state index contributed by atoms with van der Waals surface area (Å²) in [5.41, 5.74) is 6.57. The number of anilines is 2. The monoisotopic (exact) mass is 632 g/mol. The number of nitrogens with one attached hydrogen (secondary N) is 2. The van der Waals surface area contributed by atoms with Gasteiger partial charge in [-0.15, -0.1) is 0 Å². The van der Waals surface area contributed by atoms with Gasteiger partial charge in [-0.2, -0.15) is 22.5 Å². The number of benzene rings is 2. The molecule has 0 spiro atoms. The third-order valence-electron chi connectivity index (χ3n) is 7.34. The first-order chi connectivity index (χ1) is 21.0. The van der Waals surface area contributed by atoms with Gasteiger partial charge in [0, 0.05) is 50.0 Å². The number of piperazine rings is 1. The van der Waals surface area contributed by atoms with Crippen LogP contribution >= 0.6 is 0 Å². The normalized spacial score (nSPS) is 16.1. The standard InChI is InChI=1S/C30H35F3N6O4S/c31-30(32,33)23-18-27(37-28(19-23)43-25-8-9-25)38-14-16-39(17-15-38)44(41,42)26-10-6-24(7-11-26)36-29(40)22-4-2-21(3-5-22)20-35-13-1-12-34/h2-7,10-11,18-19,25,35H,1,8-9,12-17,20,34H2,(H,36,40). The lowest BCUT2D eigenvalue weighted by atomic mass is 10.1. The van der Waals surface area contributed by atoms with Crippen molar-refractivity contribution in [1.29, 1.82) is 0 Å². The van der Waals surface area contributed by atoms with E-state index >= 15 is 0 Å². The van der Waals surface area contributed by atoms with Gasteiger partial charge >= 0.3 is 6.18 Å². The minimum Gasteiger partial charge on any atom is -0.474 e. The number of aromatic nitrogens is 1. The smallest absolute Gasteiger partial charge is 0.416 e. The summed E-state index contributed by atoms with van der Waals surface area (Å²) in [5, 5.41) is 6.05. The van der Waals surface area contributed by atoms with Crippen molar-refractivity contribution in [2.45, 2.75) is 43.0 Å². The van der Waals surface area contributed by atoms with Crippen LogP contribution in [0.15, 0.2) is 65.6 Å². The number of alkyl halides is 3. The van der Waals surface area contributed by atoms with Crippen molar-refractivity contribution in [2.24, 2.45) is 5.73 Å². The minimum atomic E-state index is -4.57. The fourth-order valence-electron chi connectivity index (χ4n) is 4.69. The van der Waals surface area contributed by atoms with Crippen LogP contribution in [0.2, 0.25) is 0 Å². The zero-order valence-corrected chi connectivity index (χ0v) is 24.8. The van der Waals surface area contributed by atoms with Gasteiger partial charge in [0.25, 0.3) is 5.91 Å². The average Bonchev–Trinajstić information content (AvgIpc) is 3.83. The third-order valence-corrected chi connectivity index (χ3v) is 9.26. The molecule has 1 saturated carbocycles. The van der Waals surface area contributed by atoms with Crippen molar-refractivity contribution in [3.63, 3.8) is 0 Å². The fourth-order valence-corrected chi connectivity index (χ4v) is 6.11. The second-order valence-electron chi connectivity index (χ2n) is 10.8. The lowest BCUT2D eigenvalue weighted by Gasteiger charge is -2.35. The van der Waals surface area contributed by atoms with Crippen LogP contribution in [0.1, 0.15) is 40.7 Å². The van der Waals surface area contributed by atoms with Gasteiger partial charge in [-0.05, 0) is 80.4 Å². The van der Waals surface area contributed by atoms with E-state index < -0.39 is 21.8 Å². The topological polar surface area (TPSA) is 130 Å². The summed E-state index contributed by atoms with van der Waals surface area (Å²) in [7, 11) is -3.87. The van der Waals surface area contributed by atoms with E-state index in [0.29, 0.717) is 24.3 Å². The highest BCUT2D eigenvalue weighted by Crippen LogP contribution is 2.35. The third kappa shape index (κ3) is 8.05. The Bertz CT molecular complexity index is 1540. The quantitative estimate of drug-likeness (QED) is 0.257. The van der Waals surface area contributed by atoms with Gasteiger partial charge in [0.1, 0.15) is 11.9 Å². The second kappa shape index (κ2) is 13.5.